The number of halogens is 2. The van der Waals surface area contributed by atoms with E-state index in [1.54, 1.807) is 11.6 Å². The van der Waals surface area contributed by atoms with E-state index < -0.39 is 5.72 Å². The van der Waals surface area contributed by atoms with Crippen LogP contribution in [0.5, 0.6) is 0 Å². The molecule has 1 atom stereocenters. The van der Waals surface area contributed by atoms with Crippen molar-refractivity contribution in [3.63, 3.8) is 0 Å². The van der Waals surface area contributed by atoms with Gasteiger partial charge in [0.15, 0.2) is 5.72 Å². The zero-order valence-electron chi connectivity index (χ0n) is 17.3. The van der Waals surface area contributed by atoms with E-state index in [0.717, 1.165) is 28.1 Å². The van der Waals surface area contributed by atoms with Crippen molar-refractivity contribution in [2.45, 2.75) is 26.1 Å². The van der Waals surface area contributed by atoms with E-state index in [1.165, 1.54) is 0 Å². The minimum atomic E-state index is -1.35. The molecule has 31 heavy (non-hydrogen) atoms. The fraction of sp³-hybridized carbons (Fsp3) is 0.160. The second-order valence-corrected chi connectivity index (χ2v) is 8.45. The van der Waals surface area contributed by atoms with E-state index in [4.69, 9.17) is 28.3 Å². The molecule has 158 valence electrons. The van der Waals surface area contributed by atoms with Crippen LogP contribution in [0.3, 0.4) is 0 Å². The number of nitrogens with one attached hydrogen (secondary N) is 1. The van der Waals surface area contributed by atoms with Gasteiger partial charge in [0.25, 0.3) is 0 Å². The van der Waals surface area contributed by atoms with E-state index in [9.17, 15) is 5.11 Å². The van der Waals surface area contributed by atoms with Crippen molar-refractivity contribution < 1.29 is 5.11 Å². The molecule has 0 aliphatic heterocycles. The van der Waals surface area contributed by atoms with Crippen LogP contribution in [-0.2, 0) is 12.3 Å². The van der Waals surface area contributed by atoms with Crippen LogP contribution >= 0.6 is 23.2 Å². The number of para-hydroxylation sites is 1. The standard InChI is InChI=1S/C25H23Cl2N3O/c1-17-23(19-12-14-20(26)15-13-19)30(22-11-7-6-10-21(22)27)29-24(17)25(2,31)28-16-18-8-4-3-5-9-18/h3-15,28,31H,16H2,1-2H3. The van der Waals surface area contributed by atoms with Crippen molar-refractivity contribution >= 4 is 23.2 Å². The fourth-order valence-electron chi connectivity index (χ4n) is 3.66. The van der Waals surface area contributed by atoms with Gasteiger partial charge in [-0.15, -0.1) is 0 Å². The summed E-state index contributed by atoms with van der Waals surface area (Å²) in [4.78, 5) is 0. The van der Waals surface area contributed by atoms with Gasteiger partial charge in [-0.05, 0) is 43.7 Å². The molecule has 1 aromatic heterocycles. The van der Waals surface area contributed by atoms with Crippen molar-refractivity contribution in [2.75, 3.05) is 0 Å². The molecule has 3 aromatic carbocycles. The highest BCUT2D eigenvalue weighted by atomic mass is 35.5. The Labute approximate surface area is 192 Å². The lowest BCUT2D eigenvalue weighted by Gasteiger charge is -2.24. The summed E-state index contributed by atoms with van der Waals surface area (Å²) in [5.74, 6) is 0. The molecule has 1 unspecified atom stereocenters. The van der Waals surface area contributed by atoms with Gasteiger partial charge in [-0.1, -0.05) is 77.8 Å². The topological polar surface area (TPSA) is 50.1 Å². The zero-order chi connectivity index (χ0) is 22.0. The predicted octanol–water partition coefficient (Wildman–Crippen LogP) is 6.11. The first-order valence-corrected chi connectivity index (χ1v) is 10.7. The summed E-state index contributed by atoms with van der Waals surface area (Å²) in [6.45, 7) is 4.18. The third-order valence-corrected chi connectivity index (χ3v) is 5.83. The Balaban J connectivity index is 1.81. The summed E-state index contributed by atoms with van der Waals surface area (Å²) in [5.41, 5.74) is 3.63. The van der Waals surface area contributed by atoms with Gasteiger partial charge in [-0.25, -0.2) is 4.68 Å². The average molecular weight is 452 g/mol. The third-order valence-electron chi connectivity index (χ3n) is 5.26. The molecule has 0 saturated heterocycles. The lowest BCUT2D eigenvalue weighted by molar-refractivity contribution is 0.0127. The van der Waals surface area contributed by atoms with Gasteiger partial charge in [-0.2, -0.15) is 5.10 Å². The number of aromatic nitrogens is 2. The highest BCUT2D eigenvalue weighted by Crippen LogP contribution is 2.35. The summed E-state index contributed by atoms with van der Waals surface area (Å²) in [7, 11) is 0. The number of benzene rings is 3. The van der Waals surface area contributed by atoms with E-state index in [-0.39, 0.29) is 0 Å². The number of rotatable bonds is 6. The summed E-state index contributed by atoms with van der Waals surface area (Å²) in [6.07, 6.45) is 0. The summed E-state index contributed by atoms with van der Waals surface area (Å²) in [5, 5.41) is 20.6. The van der Waals surface area contributed by atoms with Gasteiger partial charge in [0.05, 0.1) is 16.4 Å². The van der Waals surface area contributed by atoms with Gasteiger partial charge < -0.3 is 5.11 Å². The largest absolute Gasteiger partial charge is 0.370 e. The number of aliphatic hydroxyl groups is 1. The first-order valence-electron chi connectivity index (χ1n) is 9.99. The number of hydrogen-bond acceptors (Lipinski definition) is 3. The summed E-state index contributed by atoms with van der Waals surface area (Å²) < 4.78 is 1.79. The van der Waals surface area contributed by atoms with Gasteiger partial charge >= 0.3 is 0 Å². The Morgan fingerprint density at radius 3 is 2.26 bits per heavy atom. The zero-order valence-corrected chi connectivity index (χ0v) is 18.8. The molecule has 0 spiro atoms. The van der Waals surface area contributed by atoms with E-state index in [0.29, 0.717) is 22.3 Å². The molecule has 0 amide bonds. The maximum Gasteiger partial charge on any atom is 0.158 e. The lowest BCUT2D eigenvalue weighted by atomic mass is 10.0. The molecule has 0 aliphatic rings. The number of hydrogen-bond donors (Lipinski definition) is 2. The second-order valence-electron chi connectivity index (χ2n) is 7.60. The van der Waals surface area contributed by atoms with Crippen molar-refractivity contribution in [1.82, 2.24) is 15.1 Å². The molecule has 0 bridgehead atoms. The minimum Gasteiger partial charge on any atom is -0.370 e. The van der Waals surface area contributed by atoms with Crippen molar-refractivity contribution in [1.29, 1.82) is 0 Å². The van der Waals surface area contributed by atoms with Gasteiger partial charge in [-0.3, -0.25) is 5.32 Å². The Kier molecular flexibility index (Phi) is 6.17. The SMILES string of the molecule is Cc1c(C(C)(O)NCc2ccccc2)nn(-c2ccccc2Cl)c1-c1ccc(Cl)cc1. The highest BCUT2D eigenvalue weighted by Gasteiger charge is 2.31. The van der Waals surface area contributed by atoms with E-state index in [1.807, 2.05) is 85.8 Å². The van der Waals surface area contributed by atoms with Gasteiger partial charge in [0, 0.05) is 22.7 Å². The Bertz CT molecular complexity index is 1190. The monoisotopic (exact) mass is 451 g/mol. The smallest absolute Gasteiger partial charge is 0.158 e. The molecule has 0 fully saturated rings. The lowest BCUT2D eigenvalue weighted by Crippen LogP contribution is -2.39. The Morgan fingerprint density at radius 2 is 1.58 bits per heavy atom. The van der Waals surface area contributed by atoms with Crippen LogP contribution in [0.1, 0.15) is 23.7 Å². The molecule has 4 rings (SSSR count). The molecule has 4 nitrogen and oxygen atoms in total. The van der Waals surface area contributed by atoms with Crippen LogP contribution < -0.4 is 5.32 Å². The third kappa shape index (κ3) is 4.53. The quantitative estimate of drug-likeness (QED) is 0.347. The predicted molar refractivity (Wildman–Crippen MR) is 127 cm³/mol. The molecule has 0 saturated carbocycles. The molecule has 4 aromatic rings. The van der Waals surface area contributed by atoms with E-state index in [2.05, 4.69) is 5.32 Å². The number of nitrogens with zero attached hydrogens (tertiary/aromatic N) is 2. The molecular weight excluding hydrogens is 429 g/mol. The van der Waals surface area contributed by atoms with Crippen LogP contribution in [-0.4, -0.2) is 14.9 Å². The van der Waals surface area contributed by atoms with Crippen LogP contribution in [0.15, 0.2) is 78.9 Å². The maximum absolute atomic E-state index is 11.3. The minimum absolute atomic E-state index is 0.502. The molecule has 0 aliphatic carbocycles. The van der Waals surface area contributed by atoms with Crippen molar-refractivity contribution in [2.24, 2.45) is 0 Å². The fourth-order valence-corrected chi connectivity index (χ4v) is 4.00. The van der Waals surface area contributed by atoms with Crippen LogP contribution in [0.4, 0.5) is 0 Å². The van der Waals surface area contributed by atoms with Gasteiger partial charge in [0.2, 0.25) is 0 Å². The first-order chi connectivity index (χ1) is 14.9. The molecule has 2 N–H and O–H groups in total. The van der Waals surface area contributed by atoms with Crippen LogP contribution in [0.25, 0.3) is 16.9 Å². The van der Waals surface area contributed by atoms with Crippen molar-refractivity contribution in [3.8, 4) is 16.9 Å². The van der Waals surface area contributed by atoms with Crippen LogP contribution in [0.2, 0.25) is 10.0 Å². The summed E-state index contributed by atoms with van der Waals surface area (Å²) in [6, 6.07) is 25.0. The normalized spacial score (nSPS) is 13.2. The molecule has 1 heterocycles. The second kappa shape index (κ2) is 8.85. The first kappa shape index (κ1) is 21.6. The molecule has 0 radical (unpaired) electrons. The van der Waals surface area contributed by atoms with Crippen molar-refractivity contribution in [3.05, 3.63) is 106 Å². The Morgan fingerprint density at radius 1 is 0.935 bits per heavy atom. The average Bonchev–Trinajstić information content (AvgIpc) is 3.12. The van der Waals surface area contributed by atoms with Crippen LogP contribution in [0, 0.1) is 6.92 Å². The summed E-state index contributed by atoms with van der Waals surface area (Å²) >= 11 is 12.6. The van der Waals surface area contributed by atoms with E-state index >= 15 is 0 Å². The maximum atomic E-state index is 11.3. The highest BCUT2D eigenvalue weighted by molar-refractivity contribution is 6.32. The molecular formula is C25H23Cl2N3O. The van der Waals surface area contributed by atoms with Gasteiger partial charge in [0.1, 0.15) is 5.69 Å². The Hall–Kier alpha value is -2.63. The molecule has 6 heteroatoms.